The van der Waals surface area contributed by atoms with E-state index in [-0.39, 0.29) is 16.0 Å². The molecule has 1 N–H and O–H groups in total. The van der Waals surface area contributed by atoms with Crippen molar-refractivity contribution in [3.63, 3.8) is 0 Å². The fraction of sp³-hybridized carbons (Fsp3) is 0.667. The van der Waals surface area contributed by atoms with Gasteiger partial charge in [0.15, 0.2) is 0 Å². The average molecular weight is 258 g/mol. The molecule has 0 spiro atoms. The van der Waals surface area contributed by atoms with E-state index in [2.05, 4.69) is 31.2 Å². The van der Waals surface area contributed by atoms with Crippen molar-refractivity contribution in [2.45, 2.75) is 40.7 Å². The zero-order chi connectivity index (χ0) is 13.1. The van der Waals surface area contributed by atoms with Gasteiger partial charge in [0.25, 0.3) is 5.56 Å². The van der Waals surface area contributed by atoms with Crippen LogP contribution in [0.25, 0.3) is 0 Å². The summed E-state index contributed by atoms with van der Waals surface area (Å²) in [6, 6.07) is 0. The van der Waals surface area contributed by atoms with Crippen molar-refractivity contribution < 1.29 is 0 Å². The molecule has 0 unspecified atom stereocenters. The molecule has 17 heavy (non-hydrogen) atoms. The Labute approximate surface area is 107 Å². The number of rotatable bonds is 4. The summed E-state index contributed by atoms with van der Waals surface area (Å²) >= 11 is 6.03. The van der Waals surface area contributed by atoms with Crippen molar-refractivity contribution in [3.8, 4) is 0 Å². The van der Waals surface area contributed by atoms with Gasteiger partial charge < -0.3 is 5.32 Å². The SMILES string of the molecule is CCCn1ncc(NCC(C)(C)C)c(Cl)c1=O. The van der Waals surface area contributed by atoms with Crippen LogP contribution in [0.3, 0.4) is 0 Å². The van der Waals surface area contributed by atoms with Crippen LogP contribution >= 0.6 is 11.6 Å². The summed E-state index contributed by atoms with van der Waals surface area (Å²) in [5.41, 5.74) is 0.507. The Morgan fingerprint density at radius 1 is 1.47 bits per heavy atom. The van der Waals surface area contributed by atoms with Crippen LogP contribution in [0.5, 0.6) is 0 Å². The van der Waals surface area contributed by atoms with Gasteiger partial charge in [0.2, 0.25) is 0 Å². The van der Waals surface area contributed by atoms with Crippen molar-refractivity contribution in [1.82, 2.24) is 9.78 Å². The lowest BCUT2D eigenvalue weighted by Gasteiger charge is -2.20. The normalized spacial score (nSPS) is 11.6. The van der Waals surface area contributed by atoms with Gasteiger partial charge in [0.05, 0.1) is 11.9 Å². The number of nitrogens with zero attached hydrogens (tertiary/aromatic N) is 2. The maximum Gasteiger partial charge on any atom is 0.287 e. The molecule has 0 aromatic carbocycles. The van der Waals surface area contributed by atoms with Gasteiger partial charge in [-0.25, -0.2) is 4.68 Å². The molecule has 0 fully saturated rings. The fourth-order valence-corrected chi connectivity index (χ4v) is 1.53. The van der Waals surface area contributed by atoms with Gasteiger partial charge in [0, 0.05) is 13.1 Å². The molecular weight excluding hydrogens is 238 g/mol. The first-order valence-electron chi connectivity index (χ1n) is 5.84. The van der Waals surface area contributed by atoms with Crippen LogP contribution in [0.15, 0.2) is 11.0 Å². The molecule has 1 aromatic rings. The Bertz CT molecular complexity index is 434. The van der Waals surface area contributed by atoms with Crippen LogP contribution in [0, 0.1) is 5.41 Å². The second-order valence-corrected chi connectivity index (χ2v) is 5.69. The van der Waals surface area contributed by atoms with Gasteiger partial charge in [-0.1, -0.05) is 39.3 Å². The van der Waals surface area contributed by atoms with Gasteiger partial charge in [0.1, 0.15) is 5.02 Å². The van der Waals surface area contributed by atoms with E-state index in [0.717, 1.165) is 13.0 Å². The standard InChI is InChI=1S/C12H20ClN3O/c1-5-6-16-11(17)10(13)9(7-15-16)14-8-12(2,3)4/h7,14H,5-6,8H2,1-4H3. The lowest BCUT2D eigenvalue weighted by atomic mass is 9.97. The zero-order valence-electron chi connectivity index (χ0n) is 10.9. The number of nitrogens with one attached hydrogen (secondary N) is 1. The number of anilines is 1. The molecule has 1 aromatic heterocycles. The van der Waals surface area contributed by atoms with Crippen LogP contribution in [-0.4, -0.2) is 16.3 Å². The van der Waals surface area contributed by atoms with Crippen molar-refractivity contribution in [2.75, 3.05) is 11.9 Å². The first-order valence-corrected chi connectivity index (χ1v) is 6.22. The minimum Gasteiger partial charge on any atom is -0.382 e. The molecule has 1 heterocycles. The minimum absolute atomic E-state index is 0.127. The molecule has 0 aliphatic heterocycles. The van der Waals surface area contributed by atoms with Crippen LogP contribution in [-0.2, 0) is 6.54 Å². The molecule has 0 amide bonds. The molecule has 1 rings (SSSR count). The van der Waals surface area contributed by atoms with Crippen LogP contribution in [0.4, 0.5) is 5.69 Å². The summed E-state index contributed by atoms with van der Waals surface area (Å²) in [4.78, 5) is 11.8. The number of aryl methyl sites for hydroxylation is 1. The predicted octanol–water partition coefficient (Wildman–Crippen LogP) is 2.76. The topological polar surface area (TPSA) is 46.9 Å². The molecule has 0 saturated heterocycles. The van der Waals surface area contributed by atoms with Gasteiger partial charge in [-0.15, -0.1) is 0 Å². The van der Waals surface area contributed by atoms with Crippen LogP contribution in [0.1, 0.15) is 34.1 Å². The fourth-order valence-electron chi connectivity index (χ4n) is 1.32. The van der Waals surface area contributed by atoms with E-state index in [1.54, 1.807) is 6.20 Å². The predicted molar refractivity (Wildman–Crippen MR) is 71.7 cm³/mol. The highest BCUT2D eigenvalue weighted by atomic mass is 35.5. The maximum absolute atomic E-state index is 11.8. The van der Waals surface area contributed by atoms with Crippen LogP contribution < -0.4 is 10.9 Å². The molecule has 5 heteroatoms. The van der Waals surface area contributed by atoms with E-state index in [4.69, 9.17) is 11.6 Å². The van der Waals surface area contributed by atoms with E-state index in [1.165, 1.54) is 4.68 Å². The highest BCUT2D eigenvalue weighted by Gasteiger charge is 2.13. The Morgan fingerprint density at radius 2 is 2.12 bits per heavy atom. The number of aromatic nitrogens is 2. The lowest BCUT2D eigenvalue weighted by molar-refractivity contribution is 0.442. The Hall–Kier alpha value is -1.03. The first-order chi connectivity index (χ1) is 7.85. The first kappa shape index (κ1) is 14.0. The minimum atomic E-state index is -0.229. The zero-order valence-corrected chi connectivity index (χ0v) is 11.6. The second-order valence-electron chi connectivity index (χ2n) is 5.31. The van der Waals surface area contributed by atoms with Gasteiger partial charge >= 0.3 is 0 Å². The average Bonchev–Trinajstić information content (AvgIpc) is 2.23. The summed E-state index contributed by atoms with van der Waals surface area (Å²) < 4.78 is 1.39. The van der Waals surface area contributed by atoms with Gasteiger partial charge in [-0.2, -0.15) is 5.10 Å². The highest BCUT2D eigenvalue weighted by Crippen LogP contribution is 2.19. The molecule has 0 radical (unpaired) electrons. The van der Waals surface area contributed by atoms with Gasteiger partial charge in [-0.3, -0.25) is 4.79 Å². The molecule has 0 bridgehead atoms. The van der Waals surface area contributed by atoms with E-state index in [1.807, 2.05) is 6.92 Å². The Kier molecular flexibility index (Phi) is 4.57. The summed E-state index contributed by atoms with van der Waals surface area (Å²) in [7, 11) is 0. The number of hydrogen-bond acceptors (Lipinski definition) is 3. The van der Waals surface area contributed by atoms with Crippen LogP contribution in [0.2, 0.25) is 5.02 Å². The molecule has 0 saturated carbocycles. The van der Waals surface area contributed by atoms with Crippen molar-refractivity contribution >= 4 is 17.3 Å². The molecular formula is C12H20ClN3O. The smallest absolute Gasteiger partial charge is 0.287 e. The molecule has 0 aliphatic rings. The Morgan fingerprint density at radius 3 is 2.65 bits per heavy atom. The Balaban J connectivity index is 2.89. The molecule has 0 atom stereocenters. The maximum atomic E-state index is 11.8. The third-order valence-corrected chi connectivity index (χ3v) is 2.59. The van der Waals surface area contributed by atoms with Crippen molar-refractivity contribution in [2.24, 2.45) is 5.41 Å². The summed E-state index contributed by atoms with van der Waals surface area (Å²) in [6.07, 6.45) is 2.48. The molecule has 4 nitrogen and oxygen atoms in total. The van der Waals surface area contributed by atoms with Crippen molar-refractivity contribution in [3.05, 3.63) is 21.6 Å². The third-order valence-electron chi connectivity index (χ3n) is 2.23. The summed E-state index contributed by atoms with van der Waals surface area (Å²) in [6.45, 7) is 9.66. The third kappa shape index (κ3) is 4.04. The largest absolute Gasteiger partial charge is 0.382 e. The number of hydrogen-bond donors (Lipinski definition) is 1. The van der Waals surface area contributed by atoms with Crippen molar-refractivity contribution in [1.29, 1.82) is 0 Å². The van der Waals surface area contributed by atoms with E-state index < -0.39 is 0 Å². The van der Waals surface area contributed by atoms with E-state index in [0.29, 0.717) is 12.2 Å². The summed E-state index contributed by atoms with van der Waals surface area (Å²) in [5.74, 6) is 0. The monoisotopic (exact) mass is 257 g/mol. The summed E-state index contributed by atoms with van der Waals surface area (Å²) in [5, 5.41) is 7.46. The molecule has 96 valence electrons. The highest BCUT2D eigenvalue weighted by molar-refractivity contribution is 6.32. The van der Waals surface area contributed by atoms with E-state index >= 15 is 0 Å². The quantitative estimate of drug-likeness (QED) is 0.902. The van der Waals surface area contributed by atoms with Gasteiger partial charge in [-0.05, 0) is 11.8 Å². The van der Waals surface area contributed by atoms with E-state index in [9.17, 15) is 4.79 Å². The molecule has 0 aliphatic carbocycles. The second kappa shape index (κ2) is 5.54. The lowest BCUT2D eigenvalue weighted by Crippen LogP contribution is -2.26. The number of halogens is 1.